The van der Waals surface area contributed by atoms with Gasteiger partial charge in [0.15, 0.2) is 0 Å². The first-order chi connectivity index (χ1) is 12.5. The number of hydrogen-bond donors (Lipinski definition) is 1. The van der Waals surface area contributed by atoms with Gasteiger partial charge < -0.3 is 10.1 Å². The molecule has 0 atom stereocenters. The molecule has 1 aromatic heterocycles. The van der Waals surface area contributed by atoms with E-state index in [2.05, 4.69) is 10.3 Å². The molecule has 0 aliphatic heterocycles. The molecule has 0 aliphatic carbocycles. The highest BCUT2D eigenvalue weighted by molar-refractivity contribution is 7.07. The van der Waals surface area contributed by atoms with Crippen molar-refractivity contribution >= 4 is 28.6 Å². The average molecular weight is 369 g/mol. The lowest BCUT2D eigenvalue weighted by molar-refractivity contribution is -0.385. The molecule has 1 N–H and O–H groups in total. The number of benzene rings is 2. The Bertz CT molecular complexity index is 941. The van der Waals surface area contributed by atoms with Crippen LogP contribution in [0, 0.1) is 17.0 Å². The predicted molar refractivity (Wildman–Crippen MR) is 98.7 cm³/mol. The Morgan fingerprint density at radius 3 is 2.85 bits per heavy atom. The molecule has 0 unspecified atom stereocenters. The zero-order chi connectivity index (χ0) is 18.5. The number of nitrogens with zero attached hydrogens (tertiary/aromatic N) is 2. The lowest BCUT2D eigenvalue weighted by atomic mass is 10.1. The summed E-state index contributed by atoms with van der Waals surface area (Å²) in [5, 5.41) is 15.6. The number of rotatable bonds is 6. The van der Waals surface area contributed by atoms with Gasteiger partial charge in [-0.3, -0.25) is 14.9 Å². The third kappa shape index (κ3) is 4.04. The van der Waals surface area contributed by atoms with E-state index < -0.39 is 4.92 Å². The molecule has 0 fully saturated rings. The molecule has 132 valence electrons. The monoisotopic (exact) mass is 369 g/mol. The molecule has 3 aromatic rings. The molecule has 3 rings (SSSR count). The van der Waals surface area contributed by atoms with Crippen LogP contribution in [0.3, 0.4) is 0 Å². The van der Waals surface area contributed by atoms with Gasteiger partial charge in [-0.15, -0.1) is 11.3 Å². The van der Waals surface area contributed by atoms with E-state index in [4.69, 9.17) is 4.74 Å². The van der Waals surface area contributed by atoms with Gasteiger partial charge in [-0.1, -0.05) is 12.1 Å². The molecule has 26 heavy (non-hydrogen) atoms. The number of nitrogens with one attached hydrogen (secondary N) is 1. The zero-order valence-electron chi connectivity index (χ0n) is 13.8. The number of anilines is 1. The molecule has 0 saturated heterocycles. The molecule has 2 aromatic carbocycles. The maximum Gasteiger partial charge on any atom is 0.274 e. The van der Waals surface area contributed by atoms with Gasteiger partial charge in [-0.05, 0) is 31.2 Å². The summed E-state index contributed by atoms with van der Waals surface area (Å²) in [5.74, 6) is 0.175. The maximum absolute atomic E-state index is 12.5. The summed E-state index contributed by atoms with van der Waals surface area (Å²) in [6, 6.07) is 11.3. The van der Waals surface area contributed by atoms with Crippen molar-refractivity contribution in [2.45, 2.75) is 13.5 Å². The van der Waals surface area contributed by atoms with Gasteiger partial charge in [0.05, 0.1) is 27.4 Å². The second-order valence-corrected chi connectivity index (χ2v) is 6.18. The Hall–Kier alpha value is -3.26. The van der Waals surface area contributed by atoms with Crippen molar-refractivity contribution in [3.05, 3.63) is 80.3 Å². The summed E-state index contributed by atoms with van der Waals surface area (Å²) in [5.41, 5.74) is 3.70. The van der Waals surface area contributed by atoms with Gasteiger partial charge in [0.1, 0.15) is 12.4 Å². The first-order valence-corrected chi connectivity index (χ1v) is 8.64. The van der Waals surface area contributed by atoms with Crippen molar-refractivity contribution < 1.29 is 14.5 Å². The number of nitro benzene ring substituents is 1. The van der Waals surface area contributed by atoms with Crippen LogP contribution in [0.1, 0.15) is 21.6 Å². The average Bonchev–Trinajstić information content (AvgIpc) is 3.15. The number of nitro groups is 1. The van der Waals surface area contributed by atoms with E-state index in [9.17, 15) is 14.9 Å². The van der Waals surface area contributed by atoms with E-state index in [0.717, 1.165) is 5.69 Å². The minimum absolute atomic E-state index is 0.0388. The summed E-state index contributed by atoms with van der Waals surface area (Å²) in [6.45, 7) is 1.92. The molecule has 0 spiro atoms. The third-order valence-corrected chi connectivity index (χ3v) is 4.35. The number of thiazole rings is 1. The topological polar surface area (TPSA) is 94.4 Å². The number of carbonyl (C=O) groups is 1. The van der Waals surface area contributed by atoms with Crippen molar-refractivity contribution in [2.24, 2.45) is 0 Å². The summed E-state index contributed by atoms with van der Waals surface area (Å²) in [6.07, 6.45) is 0. The van der Waals surface area contributed by atoms with Crippen LogP contribution in [-0.2, 0) is 6.61 Å². The van der Waals surface area contributed by atoms with Gasteiger partial charge in [-0.2, -0.15) is 0 Å². The van der Waals surface area contributed by atoms with Crippen LogP contribution in [0.2, 0.25) is 0 Å². The highest BCUT2D eigenvalue weighted by atomic mass is 32.1. The second kappa shape index (κ2) is 7.75. The van der Waals surface area contributed by atoms with Gasteiger partial charge in [0.25, 0.3) is 11.6 Å². The SMILES string of the molecule is Cc1c(NC(=O)c2cccc(OCc3cscn3)c2)cccc1[N+](=O)[O-]. The largest absolute Gasteiger partial charge is 0.487 e. The van der Waals surface area contributed by atoms with E-state index in [1.807, 2.05) is 5.38 Å². The van der Waals surface area contributed by atoms with Crippen LogP contribution < -0.4 is 10.1 Å². The minimum atomic E-state index is -0.474. The van der Waals surface area contributed by atoms with Crippen LogP contribution in [-0.4, -0.2) is 15.8 Å². The molecule has 0 radical (unpaired) electrons. The van der Waals surface area contributed by atoms with E-state index >= 15 is 0 Å². The Labute approximate surface area is 153 Å². The molecule has 0 saturated carbocycles. The van der Waals surface area contributed by atoms with Crippen molar-refractivity contribution in [1.82, 2.24) is 4.98 Å². The number of ether oxygens (including phenoxy) is 1. The number of carbonyl (C=O) groups excluding carboxylic acids is 1. The summed E-state index contributed by atoms with van der Waals surface area (Å²) < 4.78 is 5.64. The highest BCUT2D eigenvalue weighted by Gasteiger charge is 2.15. The minimum Gasteiger partial charge on any atom is -0.487 e. The van der Waals surface area contributed by atoms with Crippen LogP contribution >= 0.6 is 11.3 Å². The molecule has 1 amide bonds. The highest BCUT2D eigenvalue weighted by Crippen LogP contribution is 2.26. The lowest BCUT2D eigenvalue weighted by Crippen LogP contribution is -2.13. The van der Waals surface area contributed by atoms with E-state index in [-0.39, 0.29) is 11.6 Å². The summed E-state index contributed by atoms with van der Waals surface area (Å²) >= 11 is 1.49. The second-order valence-electron chi connectivity index (χ2n) is 5.46. The molecule has 8 heteroatoms. The summed E-state index contributed by atoms with van der Waals surface area (Å²) in [7, 11) is 0. The van der Waals surface area contributed by atoms with Crippen molar-refractivity contribution in [3.8, 4) is 5.75 Å². The Morgan fingerprint density at radius 2 is 2.12 bits per heavy atom. The van der Waals surface area contributed by atoms with E-state index in [1.165, 1.54) is 23.5 Å². The number of aromatic nitrogens is 1. The normalized spacial score (nSPS) is 10.3. The molecule has 0 bridgehead atoms. The standard InChI is InChI=1S/C18H15N3O4S/c1-12-16(6-3-7-17(12)21(23)24)20-18(22)13-4-2-5-15(8-13)25-9-14-10-26-11-19-14/h2-8,10-11H,9H2,1H3,(H,20,22). The first-order valence-electron chi connectivity index (χ1n) is 7.70. The Kier molecular flexibility index (Phi) is 5.23. The molecular formula is C18H15N3O4S. The van der Waals surface area contributed by atoms with Crippen LogP contribution in [0.4, 0.5) is 11.4 Å². The van der Waals surface area contributed by atoms with Crippen molar-refractivity contribution in [2.75, 3.05) is 5.32 Å². The van der Waals surface area contributed by atoms with Gasteiger partial charge in [-0.25, -0.2) is 4.98 Å². The van der Waals surface area contributed by atoms with Gasteiger partial charge in [0.2, 0.25) is 0 Å². The van der Waals surface area contributed by atoms with Crippen LogP contribution in [0.15, 0.2) is 53.4 Å². The molecule has 0 aliphatic rings. The quantitative estimate of drug-likeness (QED) is 0.519. The number of hydrogen-bond acceptors (Lipinski definition) is 6. The zero-order valence-corrected chi connectivity index (χ0v) is 14.7. The fourth-order valence-electron chi connectivity index (χ4n) is 2.34. The smallest absolute Gasteiger partial charge is 0.274 e. The molecule has 7 nitrogen and oxygen atoms in total. The maximum atomic E-state index is 12.5. The van der Waals surface area contributed by atoms with Crippen LogP contribution in [0.5, 0.6) is 5.75 Å². The molecular weight excluding hydrogens is 354 g/mol. The Morgan fingerprint density at radius 1 is 1.31 bits per heavy atom. The molecule has 1 heterocycles. The fraction of sp³-hybridized carbons (Fsp3) is 0.111. The third-order valence-electron chi connectivity index (χ3n) is 3.72. The number of amides is 1. The van der Waals surface area contributed by atoms with Crippen molar-refractivity contribution in [3.63, 3.8) is 0 Å². The van der Waals surface area contributed by atoms with E-state index in [0.29, 0.717) is 29.2 Å². The van der Waals surface area contributed by atoms with Gasteiger partial charge in [0, 0.05) is 17.0 Å². The van der Waals surface area contributed by atoms with Crippen molar-refractivity contribution in [1.29, 1.82) is 0 Å². The predicted octanol–water partition coefficient (Wildman–Crippen LogP) is 4.19. The first kappa shape index (κ1) is 17.6. The Balaban J connectivity index is 1.73. The fourth-order valence-corrected chi connectivity index (χ4v) is 2.89. The van der Waals surface area contributed by atoms with E-state index in [1.54, 1.807) is 42.8 Å². The van der Waals surface area contributed by atoms with Gasteiger partial charge >= 0.3 is 0 Å². The lowest BCUT2D eigenvalue weighted by Gasteiger charge is -2.10. The van der Waals surface area contributed by atoms with Crippen LogP contribution in [0.25, 0.3) is 0 Å². The summed E-state index contributed by atoms with van der Waals surface area (Å²) in [4.78, 5) is 27.2.